The van der Waals surface area contributed by atoms with Gasteiger partial charge in [-0.25, -0.2) is 4.79 Å². The number of carboxylic acids is 1. The van der Waals surface area contributed by atoms with Gasteiger partial charge in [0.05, 0.1) is 14.2 Å². The third kappa shape index (κ3) is 4.13. The van der Waals surface area contributed by atoms with E-state index in [1.54, 1.807) is 6.07 Å². The van der Waals surface area contributed by atoms with E-state index in [1.165, 1.54) is 26.4 Å². The molecular weight excluding hydrogens is 266 g/mol. The van der Waals surface area contributed by atoms with Crippen LogP contribution < -0.4 is 14.8 Å². The van der Waals surface area contributed by atoms with Crippen LogP contribution in [0.15, 0.2) is 18.2 Å². The van der Waals surface area contributed by atoms with Gasteiger partial charge in [-0.1, -0.05) is 0 Å². The van der Waals surface area contributed by atoms with Crippen LogP contribution >= 0.6 is 0 Å². The van der Waals surface area contributed by atoms with E-state index in [1.807, 2.05) is 0 Å². The molecule has 0 saturated heterocycles. The summed E-state index contributed by atoms with van der Waals surface area (Å²) in [6.07, 6.45) is -0.0673. The van der Waals surface area contributed by atoms with Gasteiger partial charge in [-0.15, -0.1) is 0 Å². The molecule has 0 aliphatic heterocycles. The lowest BCUT2D eigenvalue weighted by Crippen LogP contribution is -2.41. The summed E-state index contributed by atoms with van der Waals surface area (Å²) < 4.78 is 10.1. The average Bonchev–Trinajstić information content (AvgIpc) is 2.45. The number of carbonyl (C=O) groups is 2. The number of carboxylic acid groups (broad SMARTS) is 1. The molecule has 7 nitrogen and oxygen atoms in total. The van der Waals surface area contributed by atoms with Crippen molar-refractivity contribution in [1.29, 1.82) is 0 Å². The van der Waals surface area contributed by atoms with E-state index in [-0.39, 0.29) is 18.6 Å². The zero-order valence-electron chi connectivity index (χ0n) is 11.3. The van der Waals surface area contributed by atoms with Crippen LogP contribution in [0, 0.1) is 0 Å². The van der Waals surface area contributed by atoms with E-state index in [0.29, 0.717) is 11.5 Å². The number of nitrogens with one attached hydrogen (secondary N) is 1. The van der Waals surface area contributed by atoms with Crippen molar-refractivity contribution in [3.8, 4) is 11.5 Å². The molecule has 110 valence electrons. The molecule has 20 heavy (non-hydrogen) atoms. The highest BCUT2D eigenvalue weighted by atomic mass is 16.5. The van der Waals surface area contributed by atoms with Crippen LogP contribution in [0.2, 0.25) is 0 Å². The second-order valence-electron chi connectivity index (χ2n) is 3.98. The average molecular weight is 283 g/mol. The summed E-state index contributed by atoms with van der Waals surface area (Å²) in [5, 5.41) is 20.0. The standard InChI is InChI=1S/C13H17NO6/c1-19-9-5-8(6-10(7-9)20-2)12(16)14-11(3-4-15)13(17)18/h5-7,11,15H,3-4H2,1-2H3,(H,14,16)(H,17,18). The zero-order chi connectivity index (χ0) is 15.1. The van der Waals surface area contributed by atoms with E-state index >= 15 is 0 Å². The third-order valence-electron chi connectivity index (χ3n) is 2.63. The summed E-state index contributed by atoms with van der Waals surface area (Å²) >= 11 is 0. The zero-order valence-corrected chi connectivity index (χ0v) is 11.3. The van der Waals surface area contributed by atoms with Crippen molar-refractivity contribution in [2.75, 3.05) is 20.8 Å². The fourth-order valence-corrected chi connectivity index (χ4v) is 1.57. The van der Waals surface area contributed by atoms with Crippen molar-refractivity contribution >= 4 is 11.9 Å². The lowest BCUT2D eigenvalue weighted by Gasteiger charge is -2.14. The van der Waals surface area contributed by atoms with Crippen LogP contribution in [-0.2, 0) is 4.79 Å². The van der Waals surface area contributed by atoms with Crippen LogP contribution in [-0.4, -0.2) is 49.0 Å². The number of aliphatic carboxylic acids is 1. The monoisotopic (exact) mass is 283 g/mol. The Morgan fingerprint density at radius 3 is 2.15 bits per heavy atom. The Morgan fingerprint density at radius 2 is 1.75 bits per heavy atom. The van der Waals surface area contributed by atoms with Crippen molar-refractivity contribution in [3.63, 3.8) is 0 Å². The lowest BCUT2D eigenvalue weighted by atomic mass is 10.1. The van der Waals surface area contributed by atoms with Crippen molar-refractivity contribution in [2.45, 2.75) is 12.5 Å². The SMILES string of the molecule is COc1cc(OC)cc(C(=O)NC(CCO)C(=O)O)c1. The van der Waals surface area contributed by atoms with E-state index in [9.17, 15) is 9.59 Å². The Hall–Kier alpha value is -2.28. The fourth-order valence-electron chi connectivity index (χ4n) is 1.57. The van der Waals surface area contributed by atoms with Crippen molar-refractivity contribution in [3.05, 3.63) is 23.8 Å². The molecule has 1 aromatic rings. The maximum absolute atomic E-state index is 12.0. The second kappa shape index (κ2) is 7.34. The first-order valence-corrected chi connectivity index (χ1v) is 5.89. The molecule has 0 spiro atoms. The third-order valence-corrected chi connectivity index (χ3v) is 2.63. The van der Waals surface area contributed by atoms with Crippen LogP contribution in [0.3, 0.4) is 0 Å². The maximum Gasteiger partial charge on any atom is 0.326 e. The predicted molar refractivity (Wildman–Crippen MR) is 70.1 cm³/mol. The van der Waals surface area contributed by atoms with E-state index in [0.717, 1.165) is 0 Å². The van der Waals surface area contributed by atoms with Crippen molar-refractivity contribution < 1.29 is 29.3 Å². The largest absolute Gasteiger partial charge is 0.497 e. The van der Waals surface area contributed by atoms with E-state index in [2.05, 4.69) is 5.32 Å². The van der Waals surface area contributed by atoms with Crippen molar-refractivity contribution in [2.24, 2.45) is 0 Å². The topological polar surface area (TPSA) is 105 Å². The highest BCUT2D eigenvalue weighted by Crippen LogP contribution is 2.22. The molecule has 0 saturated carbocycles. The maximum atomic E-state index is 12.0. The minimum atomic E-state index is -1.21. The van der Waals surface area contributed by atoms with Gasteiger partial charge in [-0.3, -0.25) is 4.79 Å². The summed E-state index contributed by atoms with van der Waals surface area (Å²) in [5.74, 6) is -0.947. The number of hydrogen-bond donors (Lipinski definition) is 3. The van der Waals surface area contributed by atoms with Gasteiger partial charge in [-0.2, -0.15) is 0 Å². The Bertz CT molecular complexity index is 465. The smallest absolute Gasteiger partial charge is 0.326 e. The summed E-state index contributed by atoms with van der Waals surface area (Å²) in [5.41, 5.74) is 0.213. The minimum absolute atomic E-state index is 0.0673. The molecule has 1 rings (SSSR count). The van der Waals surface area contributed by atoms with Crippen LogP contribution in [0.5, 0.6) is 11.5 Å². The molecule has 3 N–H and O–H groups in total. The number of benzene rings is 1. The number of carbonyl (C=O) groups excluding carboxylic acids is 1. The van der Waals surface area contributed by atoms with Gasteiger partial charge in [0.2, 0.25) is 0 Å². The predicted octanol–water partition coefficient (Wildman–Crippen LogP) is 0.269. The van der Waals surface area contributed by atoms with Gasteiger partial charge < -0.3 is 25.0 Å². The summed E-state index contributed by atoms with van der Waals surface area (Å²) in [4.78, 5) is 22.9. The molecule has 0 aliphatic carbocycles. The molecule has 0 radical (unpaired) electrons. The van der Waals surface area contributed by atoms with E-state index in [4.69, 9.17) is 19.7 Å². The highest BCUT2D eigenvalue weighted by molar-refractivity contribution is 5.97. The first-order valence-electron chi connectivity index (χ1n) is 5.89. The number of methoxy groups -OCH3 is 2. The molecular formula is C13H17NO6. The Balaban J connectivity index is 2.93. The van der Waals surface area contributed by atoms with Crippen LogP contribution in [0.1, 0.15) is 16.8 Å². The summed E-state index contributed by atoms with van der Waals surface area (Å²) in [7, 11) is 2.89. The van der Waals surface area contributed by atoms with Gasteiger partial charge in [0, 0.05) is 24.7 Å². The number of ether oxygens (including phenoxy) is 2. The number of amides is 1. The highest BCUT2D eigenvalue weighted by Gasteiger charge is 2.20. The normalized spacial score (nSPS) is 11.6. The quantitative estimate of drug-likeness (QED) is 0.663. The van der Waals surface area contributed by atoms with Gasteiger partial charge in [0.25, 0.3) is 5.91 Å². The Morgan fingerprint density at radius 1 is 1.20 bits per heavy atom. The molecule has 1 atom stereocenters. The molecule has 1 aromatic carbocycles. The minimum Gasteiger partial charge on any atom is -0.497 e. The molecule has 1 unspecified atom stereocenters. The number of aliphatic hydroxyl groups is 1. The van der Waals surface area contributed by atoms with Crippen LogP contribution in [0.4, 0.5) is 0 Å². The number of rotatable bonds is 7. The number of aliphatic hydroxyl groups excluding tert-OH is 1. The molecule has 7 heteroatoms. The number of hydrogen-bond acceptors (Lipinski definition) is 5. The fraction of sp³-hybridized carbons (Fsp3) is 0.385. The molecule has 1 amide bonds. The molecule has 0 fully saturated rings. The first-order chi connectivity index (χ1) is 9.51. The Kier molecular flexibility index (Phi) is 5.79. The lowest BCUT2D eigenvalue weighted by molar-refractivity contribution is -0.139. The van der Waals surface area contributed by atoms with Gasteiger partial charge in [-0.05, 0) is 12.1 Å². The molecule has 0 aliphatic rings. The van der Waals surface area contributed by atoms with Crippen molar-refractivity contribution in [1.82, 2.24) is 5.32 Å². The second-order valence-corrected chi connectivity index (χ2v) is 3.98. The van der Waals surface area contributed by atoms with Gasteiger partial charge in [0.15, 0.2) is 0 Å². The molecule has 0 aromatic heterocycles. The first kappa shape index (κ1) is 15.8. The van der Waals surface area contributed by atoms with E-state index < -0.39 is 17.9 Å². The molecule has 0 bridgehead atoms. The van der Waals surface area contributed by atoms with Gasteiger partial charge in [0.1, 0.15) is 17.5 Å². The van der Waals surface area contributed by atoms with Gasteiger partial charge >= 0.3 is 5.97 Å². The van der Waals surface area contributed by atoms with Crippen LogP contribution in [0.25, 0.3) is 0 Å². The summed E-state index contributed by atoms with van der Waals surface area (Å²) in [6, 6.07) is 3.38. The molecule has 0 heterocycles. The Labute approximate surface area is 116 Å². The summed E-state index contributed by atoms with van der Waals surface area (Å²) in [6.45, 7) is -0.335.